The van der Waals surface area contributed by atoms with Gasteiger partial charge in [-0.3, -0.25) is 0 Å². The van der Waals surface area contributed by atoms with Gasteiger partial charge in [-0.15, -0.1) is 0 Å². The van der Waals surface area contributed by atoms with E-state index in [0.29, 0.717) is 5.02 Å². The average molecular weight is 327 g/mol. The van der Waals surface area contributed by atoms with E-state index in [1.54, 1.807) is 24.3 Å². The van der Waals surface area contributed by atoms with Crippen molar-refractivity contribution in [2.45, 2.75) is 44.4 Å². The second-order valence-corrected chi connectivity index (χ2v) is 5.91. The van der Waals surface area contributed by atoms with E-state index in [1.807, 2.05) is 6.92 Å². The van der Waals surface area contributed by atoms with E-state index in [-0.39, 0.29) is 24.8 Å². The van der Waals surface area contributed by atoms with Gasteiger partial charge in [0.05, 0.1) is 24.8 Å². The molecule has 3 atom stereocenters. The molecule has 22 heavy (non-hydrogen) atoms. The number of hydrogen-bond acceptors (Lipinski definition) is 3. The van der Waals surface area contributed by atoms with Crippen molar-refractivity contribution in [1.82, 2.24) is 10.6 Å². The molecule has 1 fully saturated rings. The number of ether oxygens (including phenoxy) is 1. The maximum absolute atomic E-state index is 12.2. The minimum absolute atomic E-state index is 0.00735. The van der Waals surface area contributed by atoms with Crippen LogP contribution in [0.1, 0.15) is 37.8 Å². The Hall–Kier alpha value is -1.30. The molecule has 1 heterocycles. The normalized spacial score (nSPS) is 20.4. The Kier molecular flexibility index (Phi) is 6.49. The highest BCUT2D eigenvalue weighted by Crippen LogP contribution is 2.18. The van der Waals surface area contributed by atoms with Crippen molar-refractivity contribution in [3.8, 4) is 0 Å². The van der Waals surface area contributed by atoms with Crippen molar-refractivity contribution in [3.63, 3.8) is 0 Å². The van der Waals surface area contributed by atoms with Crippen LogP contribution in [0, 0.1) is 0 Å². The van der Waals surface area contributed by atoms with E-state index in [9.17, 15) is 9.90 Å². The van der Waals surface area contributed by atoms with Crippen molar-refractivity contribution in [2.24, 2.45) is 0 Å². The molecule has 6 heteroatoms. The number of urea groups is 1. The van der Waals surface area contributed by atoms with Crippen molar-refractivity contribution in [1.29, 1.82) is 0 Å². The Morgan fingerprint density at radius 2 is 2.14 bits per heavy atom. The Balaban J connectivity index is 1.92. The molecule has 1 aliphatic heterocycles. The fourth-order valence-electron chi connectivity index (χ4n) is 2.68. The Labute approximate surface area is 136 Å². The molecule has 3 N–H and O–H groups in total. The van der Waals surface area contributed by atoms with E-state index >= 15 is 0 Å². The number of hydrogen-bond donors (Lipinski definition) is 3. The summed E-state index contributed by atoms with van der Waals surface area (Å²) in [7, 11) is 0. The number of nitrogens with one attached hydrogen (secondary N) is 2. The maximum atomic E-state index is 12.2. The third-order valence-corrected chi connectivity index (χ3v) is 4.18. The Bertz CT molecular complexity index is 475. The predicted octanol–water partition coefficient (Wildman–Crippen LogP) is 2.63. The quantitative estimate of drug-likeness (QED) is 0.752. The standard InChI is InChI=1S/C16H23ClN2O3/c1-2-13(15-4-3-9-22-15)18-16(21)19-14(10-20)11-5-7-12(17)8-6-11/h5-8,13-15,20H,2-4,9-10H2,1H3,(H2,18,19,21). The highest BCUT2D eigenvalue weighted by atomic mass is 35.5. The molecular weight excluding hydrogens is 304 g/mol. The van der Waals surface area contributed by atoms with Gasteiger partial charge in [0.15, 0.2) is 0 Å². The smallest absolute Gasteiger partial charge is 0.315 e. The van der Waals surface area contributed by atoms with E-state index in [4.69, 9.17) is 16.3 Å². The molecular formula is C16H23ClN2O3. The van der Waals surface area contributed by atoms with Gasteiger partial charge in [0.2, 0.25) is 0 Å². The van der Waals surface area contributed by atoms with Gasteiger partial charge in [-0.1, -0.05) is 30.7 Å². The Morgan fingerprint density at radius 1 is 1.41 bits per heavy atom. The number of aliphatic hydroxyl groups excluding tert-OH is 1. The van der Waals surface area contributed by atoms with Crippen LogP contribution in [0.3, 0.4) is 0 Å². The summed E-state index contributed by atoms with van der Waals surface area (Å²) >= 11 is 5.85. The van der Waals surface area contributed by atoms with Crippen LogP contribution in [0.25, 0.3) is 0 Å². The number of amides is 2. The van der Waals surface area contributed by atoms with Crippen LogP contribution < -0.4 is 10.6 Å². The number of rotatable bonds is 6. The van der Waals surface area contributed by atoms with Crippen molar-refractivity contribution < 1.29 is 14.6 Å². The zero-order valence-corrected chi connectivity index (χ0v) is 13.5. The lowest BCUT2D eigenvalue weighted by Gasteiger charge is -2.25. The molecule has 0 aliphatic carbocycles. The van der Waals surface area contributed by atoms with Gasteiger partial charge in [0.1, 0.15) is 0 Å². The molecule has 3 unspecified atom stereocenters. The molecule has 0 spiro atoms. The molecule has 2 amide bonds. The fourth-order valence-corrected chi connectivity index (χ4v) is 2.80. The van der Waals surface area contributed by atoms with Crippen LogP contribution in [0.2, 0.25) is 5.02 Å². The predicted molar refractivity (Wildman–Crippen MR) is 86.0 cm³/mol. The average Bonchev–Trinajstić information content (AvgIpc) is 3.05. The van der Waals surface area contributed by atoms with Crippen molar-refractivity contribution in [3.05, 3.63) is 34.9 Å². The lowest BCUT2D eigenvalue weighted by molar-refractivity contribution is 0.0792. The first-order valence-electron chi connectivity index (χ1n) is 7.69. The summed E-state index contributed by atoms with van der Waals surface area (Å²) in [4.78, 5) is 12.2. The van der Waals surface area contributed by atoms with E-state index in [0.717, 1.165) is 31.4 Å². The molecule has 2 rings (SSSR count). The molecule has 1 aliphatic rings. The zero-order valence-electron chi connectivity index (χ0n) is 12.7. The number of halogens is 1. The first-order valence-corrected chi connectivity index (χ1v) is 8.06. The highest BCUT2D eigenvalue weighted by molar-refractivity contribution is 6.30. The minimum atomic E-state index is -0.459. The number of carbonyl (C=O) groups excluding carboxylic acids is 1. The molecule has 0 saturated carbocycles. The fraction of sp³-hybridized carbons (Fsp3) is 0.562. The second kappa shape index (κ2) is 8.36. The summed E-state index contributed by atoms with van der Waals surface area (Å²) in [5.41, 5.74) is 0.812. The summed E-state index contributed by atoms with van der Waals surface area (Å²) in [5, 5.41) is 15.9. The van der Waals surface area contributed by atoms with Crippen LogP contribution >= 0.6 is 11.6 Å². The summed E-state index contributed by atoms with van der Waals surface area (Å²) in [6.45, 7) is 2.61. The van der Waals surface area contributed by atoms with Gasteiger partial charge < -0.3 is 20.5 Å². The summed E-state index contributed by atoms with van der Waals surface area (Å²) < 4.78 is 5.63. The van der Waals surface area contributed by atoms with Crippen LogP contribution in [0.4, 0.5) is 4.79 Å². The van der Waals surface area contributed by atoms with Gasteiger partial charge in [0.25, 0.3) is 0 Å². The molecule has 0 radical (unpaired) electrons. The summed E-state index contributed by atoms with van der Waals surface area (Å²) in [6.07, 6.45) is 2.90. The molecule has 0 bridgehead atoms. The molecule has 122 valence electrons. The van der Waals surface area contributed by atoms with Crippen LogP contribution in [0.5, 0.6) is 0 Å². The molecule has 5 nitrogen and oxygen atoms in total. The topological polar surface area (TPSA) is 70.6 Å². The third-order valence-electron chi connectivity index (χ3n) is 3.93. The summed E-state index contributed by atoms with van der Waals surface area (Å²) in [6, 6.07) is 6.30. The van der Waals surface area contributed by atoms with E-state index in [2.05, 4.69) is 10.6 Å². The molecule has 1 saturated heterocycles. The maximum Gasteiger partial charge on any atom is 0.315 e. The monoisotopic (exact) mass is 326 g/mol. The Morgan fingerprint density at radius 3 is 2.68 bits per heavy atom. The van der Waals surface area contributed by atoms with Gasteiger partial charge in [0, 0.05) is 11.6 Å². The third kappa shape index (κ3) is 4.60. The second-order valence-electron chi connectivity index (χ2n) is 5.47. The first kappa shape index (κ1) is 17.1. The summed E-state index contributed by atoms with van der Waals surface area (Å²) in [5.74, 6) is 0. The number of carbonyl (C=O) groups is 1. The van der Waals surface area contributed by atoms with Gasteiger partial charge >= 0.3 is 6.03 Å². The number of benzene rings is 1. The highest BCUT2D eigenvalue weighted by Gasteiger charge is 2.26. The lowest BCUT2D eigenvalue weighted by Crippen LogP contribution is -2.48. The van der Waals surface area contributed by atoms with E-state index in [1.165, 1.54) is 0 Å². The van der Waals surface area contributed by atoms with Crippen LogP contribution in [0.15, 0.2) is 24.3 Å². The number of aliphatic hydroxyl groups is 1. The van der Waals surface area contributed by atoms with Crippen LogP contribution in [-0.4, -0.2) is 36.5 Å². The van der Waals surface area contributed by atoms with Crippen LogP contribution in [-0.2, 0) is 4.74 Å². The van der Waals surface area contributed by atoms with Gasteiger partial charge in [-0.25, -0.2) is 4.79 Å². The van der Waals surface area contributed by atoms with E-state index < -0.39 is 6.04 Å². The molecule has 0 aromatic heterocycles. The van der Waals surface area contributed by atoms with Gasteiger partial charge in [-0.05, 0) is 37.0 Å². The lowest BCUT2D eigenvalue weighted by atomic mass is 10.1. The zero-order chi connectivity index (χ0) is 15.9. The van der Waals surface area contributed by atoms with Gasteiger partial charge in [-0.2, -0.15) is 0 Å². The minimum Gasteiger partial charge on any atom is -0.394 e. The largest absolute Gasteiger partial charge is 0.394 e. The molecule has 1 aromatic rings. The molecule has 1 aromatic carbocycles. The van der Waals surface area contributed by atoms with Crippen molar-refractivity contribution >= 4 is 17.6 Å². The first-order chi connectivity index (χ1) is 10.6. The SMILES string of the molecule is CCC(NC(=O)NC(CO)c1ccc(Cl)cc1)C1CCCO1. The van der Waals surface area contributed by atoms with Crippen molar-refractivity contribution in [2.75, 3.05) is 13.2 Å².